The SMILES string of the molecule is [B]C1([B])OC([B])([B])C([B])([B])N(c2ccc(Nc3cc(Oc4cnc(C#N)cc4C)nc4c3ncn4C)nn2)C1([B])[B]. The van der Waals surface area contributed by atoms with Crippen LogP contribution in [0.1, 0.15) is 11.3 Å². The number of imidazole rings is 1. The molecule has 5 heterocycles. The molecule has 41 heavy (non-hydrogen) atoms. The van der Waals surface area contributed by atoms with Gasteiger partial charge in [-0.05, 0) is 52.2 Å². The zero-order valence-corrected chi connectivity index (χ0v) is 22.0. The molecular weight excluding hydrogens is 509 g/mol. The standard InChI is InChI=1S/C22H13B8N9O2/c1-10-5-11(7-31)32-8-13(10)40-16-6-12(17-18(35-16)38(2)9-33-17)34-14-3-4-15(37-36-14)39-19(23,24)21(27,28)41-22(29,30)20(39,25)26/h3-6,8-9H,1-2H3,(H,34,35,36). The predicted molar refractivity (Wildman–Crippen MR) is 158 cm³/mol. The van der Waals surface area contributed by atoms with E-state index in [1.54, 1.807) is 37.0 Å². The van der Waals surface area contributed by atoms with Crippen molar-refractivity contribution in [3.05, 3.63) is 48.0 Å². The van der Waals surface area contributed by atoms with Crippen LogP contribution in [0, 0.1) is 18.3 Å². The van der Waals surface area contributed by atoms with E-state index in [-0.39, 0.29) is 23.2 Å². The minimum atomic E-state index is -2.29. The first kappa shape index (κ1) is 28.7. The number of pyridine rings is 2. The van der Waals surface area contributed by atoms with Gasteiger partial charge in [0.15, 0.2) is 17.2 Å². The number of rotatable bonds is 5. The maximum absolute atomic E-state index is 9.08. The first-order valence-electron chi connectivity index (χ1n) is 11.9. The lowest BCUT2D eigenvalue weighted by Crippen LogP contribution is -2.86. The van der Waals surface area contributed by atoms with Gasteiger partial charge in [0, 0.05) is 13.1 Å². The second kappa shape index (κ2) is 9.65. The van der Waals surface area contributed by atoms with Gasteiger partial charge in [0.1, 0.15) is 54.5 Å². The molecule has 0 atom stereocenters. The molecule has 1 aliphatic rings. The summed E-state index contributed by atoms with van der Waals surface area (Å²) in [5.41, 5.74) is 2.49. The van der Waals surface area contributed by atoms with Gasteiger partial charge in [0.05, 0.1) is 49.6 Å². The fourth-order valence-corrected chi connectivity index (χ4v) is 4.17. The van der Waals surface area contributed by atoms with E-state index in [0.717, 1.165) is 4.90 Å². The van der Waals surface area contributed by atoms with E-state index < -0.39 is 21.5 Å². The normalized spacial score (nSPS) is 18.4. The molecular formula is C22H13B8N9O2. The maximum atomic E-state index is 9.08. The zero-order chi connectivity index (χ0) is 30.0. The Morgan fingerprint density at radius 1 is 0.976 bits per heavy atom. The van der Waals surface area contributed by atoms with Gasteiger partial charge in [-0.15, -0.1) is 10.2 Å². The Bertz CT molecular complexity index is 1660. The summed E-state index contributed by atoms with van der Waals surface area (Å²) in [6, 6.07) is 8.18. The van der Waals surface area contributed by atoms with E-state index in [1.807, 2.05) is 6.07 Å². The largest absolute Gasteiger partial charge is 0.437 e. The van der Waals surface area contributed by atoms with Crippen LogP contribution in [0.3, 0.4) is 0 Å². The van der Waals surface area contributed by atoms with Crippen molar-refractivity contribution in [3.8, 4) is 17.7 Å². The first-order chi connectivity index (χ1) is 19.1. The molecule has 11 nitrogen and oxygen atoms in total. The van der Waals surface area contributed by atoms with Crippen molar-refractivity contribution in [3.63, 3.8) is 0 Å². The molecule has 0 aromatic carbocycles. The van der Waals surface area contributed by atoms with Crippen LogP contribution >= 0.6 is 0 Å². The van der Waals surface area contributed by atoms with Gasteiger partial charge in [-0.1, -0.05) is 0 Å². The van der Waals surface area contributed by atoms with Crippen molar-refractivity contribution in [1.29, 1.82) is 5.26 Å². The second-order valence-corrected chi connectivity index (χ2v) is 9.66. The molecule has 0 saturated carbocycles. The van der Waals surface area contributed by atoms with Crippen molar-refractivity contribution in [2.24, 2.45) is 7.05 Å². The van der Waals surface area contributed by atoms with Gasteiger partial charge in [0.25, 0.3) is 0 Å². The van der Waals surface area contributed by atoms with Crippen LogP contribution < -0.4 is 15.0 Å². The van der Waals surface area contributed by atoms with E-state index in [1.165, 1.54) is 18.3 Å². The van der Waals surface area contributed by atoms with Crippen LogP contribution in [0.4, 0.5) is 17.3 Å². The fraction of sp³-hybridized carbons (Fsp3) is 0.273. The minimum Gasteiger partial charge on any atom is -0.437 e. The third kappa shape index (κ3) is 4.78. The number of hydrogen-bond acceptors (Lipinski definition) is 10. The molecule has 1 N–H and O–H groups in total. The average molecular weight is 522 g/mol. The summed E-state index contributed by atoms with van der Waals surface area (Å²) in [6.07, 6.45) is 3.04. The van der Waals surface area contributed by atoms with Crippen molar-refractivity contribution in [2.45, 2.75) is 28.4 Å². The number of fused-ring (bicyclic) bond motifs is 1. The molecule has 182 valence electrons. The van der Waals surface area contributed by atoms with Crippen LogP contribution in [0.5, 0.6) is 11.6 Å². The van der Waals surface area contributed by atoms with Gasteiger partial charge in [-0.25, -0.2) is 9.97 Å². The number of hydrogen-bond donors (Lipinski definition) is 1. The molecule has 0 amide bonds. The van der Waals surface area contributed by atoms with E-state index in [0.29, 0.717) is 28.2 Å². The fourth-order valence-electron chi connectivity index (χ4n) is 4.17. The highest BCUT2D eigenvalue weighted by molar-refractivity contribution is 6.61. The minimum absolute atomic E-state index is 0.0556. The summed E-state index contributed by atoms with van der Waals surface area (Å²) in [5, 5.41) is 11.5. The number of aromatic nitrogens is 6. The number of nitriles is 1. The highest BCUT2D eigenvalue weighted by Crippen LogP contribution is 2.42. The van der Waals surface area contributed by atoms with Crippen molar-refractivity contribution >= 4 is 91.3 Å². The Morgan fingerprint density at radius 2 is 1.66 bits per heavy atom. The summed E-state index contributed by atoms with van der Waals surface area (Å²) in [7, 11) is 50.3. The van der Waals surface area contributed by atoms with Crippen LogP contribution in [-0.4, -0.2) is 114 Å². The highest BCUT2D eigenvalue weighted by Gasteiger charge is 2.57. The lowest BCUT2D eigenvalue weighted by molar-refractivity contribution is -0.0257. The number of aryl methyl sites for hydroxylation is 2. The van der Waals surface area contributed by atoms with Crippen LogP contribution in [-0.2, 0) is 11.8 Å². The highest BCUT2D eigenvalue weighted by atomic mass is 16.5. The molecule has 1 aliphatic heterocycles. The molecule has 19 heteroatoms. The Balaban J connectivity index is 1.48. The lowest BCUT2D eigenvalue weighted by atomic mass is 9.30. The van der Waals surface area contributed by atoms with E-state index in [9.17, 15) is 0 Å². The van der Waals surface area contributed by atoms with Gasteiger partial charge in [0.2, 0.25) is 5.88 Å². The molecule has 0 bridgehead atoms. The van der Waals surface area contributed by atoms with Gasteiger partial charge < -0.3 is 24.3 Å². The van der Waals surface area contributed by atoms with Crippen molar-refractivity contribution in [2.75, 3.05) is 10.2 Å². The Labute approximate surface area is 246 Å². The molecule has 5 rings (SSSR count). The van der Waals surface area contributed by atoms with Crippen LogP contribution in [0.25, 0.3) is 11.2 Å². The van der Waals surface area contributed by atoms with Crippen molar-refractivity contribution in [1.82, 2.24) is 29.7 Å². The lowest BCUT2D eigenvalue weighted by Gasteiger charge is -2.70. The van der Waals surface area contributed by atoms with E-state index in [4.69, 9.17) is 77.5 Å². The molecule has 1 fully saturated rings. The number of morpholine rings is 1. The quantitative estimate of drug-likeness (QED) is 0.316. The Kier molecular flexibility index (Phi) is 6.77. The smallest absolute Gasteiger partial charge is 0.223 e. The van der Waals surface area contributed by atoms with Crippen LogP contribution in [0.2, 0.25) is 0 Å². The predicted octanol–water partition coefficient (Wildman–Crippen LogP) is -1.33. The van der Waals surface area contributed by atoms with Gasteiger partial charge in [-0.2, -0.15) is 10.2 Å². The van der Waals surface area contributed by atoms with E-state index in [2.05, 4.69) is 30.5 Å². The third-order valence-electron chi connectivity index (χ3n) is 6.51. The summed E-state index contributed by atoms with van der Waals surface area (Å²) in [5.74, 6) is 0.859. The second-order valence-electron chi connectivity index (χ2n) is 9.66. The Morgan fingerprint density at radius 3 is 2.24 bits per heavy atom. The molecule has 4 aromatic heterocycles. The Hall–Kier alpha value is -3.78. The number of ether oxygens (including phenoxy) is 2. The topological polar surface area (TPSA) is 127 Å². The molecule has 0 unspecified atom stereocenters. The number of nitrogens with one attached hydrogen (secondary N) is 1. The zero-order valence-electron chi connectivity index (χ0n) is 22.0. The number of nitrogens with zero attached hydrogens (tertiary/aromatic N) is 8. The summed E-state index contributed by atoms with van der Waals surface area (Å²) in [4.78, 5) is 13.9. The molecule has 1 saturated heterocycles. The molecule has 16 radical (unpaired) electrons. The monoisotopic (exact) mass is 523 g/mol. The molecule has 4 aromatic rings. The van der Waals surface area contributed by atoms with Crippen molar-refractivity contribution < 1.29 is 9.47 Å². The average Bonchev–Trinajstić information content (AvgIpc) is 3.25. The summed E-state index contributed by atoms with van der Waals surface area (Å²) >= 11 is 0. The molecule has 0 spiro atoms. The third-order valence-corrected chi connectivity index (χ3v) is 6.51. The summed E-state index contributed by atoms with van der Waals surface area (Å²) < 4.78 is 12.9. The summed E-state index contributed by atoms with van der Waals surface area (Å²) in [6.45, 7) is 1.79. The van der Waals surface area contributed by atoms with Gasteiger partial charge in [-0.3, -0.25) is 0 Å². The first-order valence-corrected chi connectivity index (χ1v) is 11.9. The van der Waals surface area contributed by atoms with E-state index >= 15 is 0 Å². The van der Waals surface area contributed by atoms with Crippen LogP contribution in [0.15, 0.2) is 36.8 Å². The molecule has 0 aliphatic carbocycles. The van der Waals surface area contributed by atoms with Gasteiger partial charge >= 0.3 is 0 Å². The number of anilines is 3. The maximum Gasteiger partial charge on any atom is 0.223 e.